The lowest BCUT2D eigenvalue weighted by Gasteiger charge is -2.43. The van der Waals surface area contributed by atoms with E-state index in [4.69, 9.17) is 4.74 Å². The Morgan fingerprint density at radius 2 is 2.06 bits per heavy atom. The van der Waals surface area contributed by atoms with Crippen LogP contribution in [0.4, 0.5) is 0 Å². The molecule has 98 valence electrons. The standard InChI is InChI=1S/C15H21NO2/c1-13(17)18-15(2)10-6-7-11-16(15)12-14-8-4-3-5-9-14/h3-5,8-9H,6-7,10-12H2,1-2H3. The number of benzene rings is 1. The van der Waals surface area contributed by atoms with E-state index in [2.05, 4.69) is 17.0 Å². The molecule has 1 aliphatic heterocycles. The van der Waals surface area contributed by atoms with Gasteiger partial charge in [-0.1, -0.05) is 30.3 Å². The fourth-order valence-corrected chi connectivity index (χ4v) is 2.63. The summed E-state index contributed by atoms with van der Waals surface area (Å²) in [6, 6.07) is 10.3. The number of carbonyl (C=O) groups is 1. The predicted octanol–water partition coefficient (Wildman–Crippen LogP) is 2.95. The van der Waals surface area contributed by atoms with Crippen LogP contribution in [0.1, 0.15) is 38.7 Å². The smallest absolute Gasteiger partial charge is 0.304 e. The Hall–Kier alpha value is -1.35. The number of nitrogens with zero attached hydrogens (tertiary/aromatic N) is 1. The number of rotatable bonds is 3. The molecule has 0 aromatic heterocycles. The Morgan fingerprint density at radius 3 is 2.72 bits per heavy atom. The minimum Gasteiger partial charge on any atom is -0.444 e. The fourth-order valence-electron chi connectivity index (χ4n) is 2.63. The minimum absolute atomic E-state index is 0.197. The zero-order valence-electron chi connectivity index (χ0n) is 11.2. The molecule has 3 nitrogen and oxygen atoms in total. The molecule has 0 aliphatic carbocycles. The second-order valence-corrected chi connectivity index (χ2v) is 5.13. The molecule has 1 aromatic rings. The van der Waals surface area contributed by atoms with Crippen LogP contribution in [-0.4, -0.2) is 23.1 Å². The third kappa shape index (κ3) is 3.10. The summed E-state index contributed by atoms with van der Waals surface area (Å²) in [5, 5.41) is 0. The van der Waals surface area contributed by atoms with Crippen LogP contribution in [0, 0.1) is 0 Å². The summed E-state index contributed by atoms with van der Waals surface area (Å²) in [6.07, 6.45) is 3.21. The van der Waals surface area contributed by atoms with Gasteiger partial charge in [0.25, 0.3) is 0 Å². The summed E-state index contributed by atoms with van der Waals surface area (Å²) in [6.45, 7) is 5.33. The van der Waals surface area contributed by atoms with E-state index in [1.165, 1.54) is 18.9 Å². The summed E-state index contributed by atoms with van der Waals surface area (Å²) in [5.41, 5.74) is 0.817. The van der Waals surface area contributed by atoms with Crippen LogP contribution < -0.4 is 0 Å². The van der Waals surface area contributed by atoms with Gasteiger partial charge in [-0.2, -0.15) is 0 Å². The summed E-state index contributed by atoms with van der Waals surface area (Å²) >= 11 is 0. The third-order valence-corrected chi connectivity index (χ3v) is 3.57. The van der Waals surface area contributed by atoms with Crippen molar-refractivity contribution >= 4 is 5.97 Å². The zero-order chi connectivity index (χ0) is 13.0. The van der Waals surface area contributed by atoms with Gasteiger partial charge in [-0.3, -0.25) is 9.69 Å². The second-order valence-electron chi connectivity index (χ2n) is 5.13. The quantitative estimate of drug-likeness (QED) is 0.769. The van der Waals surface area contributed by atoms with Crippen molar-refractivity contribution in [1.29, 1.82) is 0 Å². The Bertz CT molecular complexity index is 404. The van der Waals surface area contributed by atoms with E-state index in [9.17, 15) is 4.79 Å². The van der Waals surface area contributed by atoms with Crippen molar-refractivity contribution in [1.82, 2.24) is 4.90 Å². The highest BCUT2D eigenvalue weighted by Crippen LogP contribution is 2.30. The first kappa shape index (κ1) is 13.1. The van der Waals surface area contributed by atoms with Crippen molar-refractivity contribution in [2.24, 2.45) is 0 Å². The Kier molecular flexibility index (Phi) is 4.02. The van der Waals surface area contributed by atoms with Crippen molar-refractivity contribution < 1.29 is 9.53 Å². The highest BCUT2D eigenvalue weighted by atomic mass is 16.6. The van der Waals surface area contributed by atoms with Crippen LogP contribution in [0.2, 0.25) is 0 Å². The molecule has 18 heavy (non-hydrogen) atoms. The highest BCUT2D eigenvalue weighted by molar-refractivity contribution is 5.66. The van der Waals surface area contributed by atoms with E-state index >= 15 is 0 Å². The number of hydrogen-bond donors (Lipinski definition) is 0. The molecule has 1 fully saturated rings. The largest absolute Gasteiger partial charge is 0.444 e. The van der Waals surface area contributed by atoms with E-state index in [1.54, 1.807) is 0 Å². The summed E-state index contributed by atoms with van der Waals surface area (Å²) in [5.74, 6) is -0.197. The van der Waals surface area contributed by atoms with Crippen molar-refractivity contribution in [3.05, 3.63) is 35.9 Å². The highest BCUT2D eigenvalue weighted by Gasteiger charge is 2.37. The zero-order valence-corrected chi connectivity index (χ0v) is 11.2. The molecule has 1 heterocycles. The van der Waals surface area contributed by atoms with Gasteiger partial charge in [0.2, 0.25) is 0 Å². The van der Waals surface area contributed by atoms with E-state index in [0.717, 1.165) is 25.9 Å². The molecule has 3 heteroatoms. The van der Waals surface area contributed by atoms with Crippen LogP contribution in [0.15, 0.2) is 30.3 Å². The summed E-state index contributed by atoms with van der Waals surface area (Å²) in [4.78, 5) is 13.5. The van der Waals surface area contributed by atoms with E-state index < -0.39 is 5.72 Å². The van der Waals surface area contributed by atoms with Gasteiger partial charge < -0.3 is 4.74 Å². The van der Waals surface area contributed by atoms with Crippen molar-refractivity contribution in [2.45, 2.75) is 45.4 Å². The maximum Gasteiger partial charge on any atom is 0.304 e. The molecular weight excluding hydrogens is 226 g/mol. The van der Waals surface area contributed by atoms with Crippen LogP contribution in [0.25, 0.3) is 0 Å². The van der Waals surface area contributed by atoms with E-state index in [1.807, 2.05) is 25.1 Å². The first-order chi connectivity index (χ1) is 8.60. The fraction of sp³-hybridized carbons (Fsp3) is 0.533. The van der Waals surface area contributed by atoms with Crippen molar-refractivity contribution in [3.63, 3.8) is 0 Å². The molecular formula is C15H21NO2. The van der Waals surface area contributed by atoms with E-state index in [-0.39, 0.29) is 5.97 Å². The molecule has 1 unspecified atom stereocenters. The Morgan fingerprint density at radius 1 is 1.33 bits per heavy atom. The molecule has 2 rings (SSSR count). The molecule has 1 atom stereocenters. The second kappa shape index (κ2) is 5.53. The van der Waals surface area contributed by atoms with Gasteiger partial charge in [-0.05, 0) is 25.3 Å². The molecule has 0 saturated carbocycles. The third-order valence-electron chi connectivity index (χ3n) is 3.57. The summed E-state index contributed by atoms with van der Waals surface area (Å²) in [7, 11) is 0. The van der Waals surface area contributed by atoms with Crippen LogP contribution in [-0.2, 0) is 16.1 Å². The van der Waals surface area contributed by atoms with Gasteiger partial charge in [0.1, 0.15) is 0 Å². The van der Waals surface area contributed by atoms with Crippen LogP contribution in [0.5, 0.6) is 0 Å². The van der Waals surface area contributed by atoms with Crippen LogP contribution >= 0.6 is 0 Å². The molecule has 1 aromatic carbocycles. The maximum atomic E-state index is 11.3. The molecule has 0 bridgehead atoms. The average Bonchev–Trinajstić information content (AvgIpc) is 2.32. The predicted molar refractivity (Wildman–Crippen MR) is 70.9 cm³/mol. The lowest BCUT2D eigenvalue weighted by molar-refractivity contribution is -0.188. The van der Waals surface area contributed by atoms with E-state index in [0.29, 0.717) is 0 Å². The molecule has 0 radical (unpaired) electrons. The average molecular weight is 247 g/mol. The Balaban J connectivity index is 2.10. The SMILES string of the molecule is CC(=O)OC1(C)CCCCN1Cc1ccccc1. The van der Waals surface area contributed by atoms with Gasteiger partial charge >= 0.3 is 5.97 Å². The first-order valence-corrected chi connectivity index (χ1v) is 6.59. The van der Waals surface area contributed by atoms with Crippen LogP contribution in [0.3, 0.4) is 0 Å². The molecule has 0 spiro atoms. The van der Waals surface area contributed by atoms with Gasteiger partial charge in [-0.25, -0.2) is 0 Å². The monoisotopic (exact) mass is 247 g/mol. The number of piperidine rings is 1. The summed E-state index contributed by atoms with van der Waals surface area (Å²) < 4.78 is 5.55. The van der Waals surface area contributed by atoms with Crippen molar-refractivity contribution in [2.75, 3.05) is 6.54 Å². The van der Waals surface area contributed by atoms with Gasteiger partial charge in [-0.15, -0.1) is 0 Å². The number of hydrogen-bond acceptors (Lipinski definition) is 3. The number of likely N-dealkylation sites (tertiary alicyclic amines) is 1. The normalized spacial score (nSPS) is 24.8. The topological polar surface area (TPSA) is 29.5 Å². The first-order valence-electron chi connectivity index (χ1n) is 6.59. The number of esters is 1. The molecule has 1 aliphatic rings. The molecule has 0 amide bonds. The minimum atomic E-state index is -0.445. The van der Waals surface area contributed by atoms with Gasteiger partial charge in [0.15, 0.2) is 5.72 Å². The van der Waals surface area contributed by atoms with Gasteiger partial charge in [0.05, 0.1) is 0 Å². The maximum absolute atomic E-state index is 11.3. The van der Waals surface area contributed by atoms with Gasteiger partial charge in [0, 0.05) is 26.4 Å². The Labute approximate surface area is 109 Å². The molecule has 1 saturated heterocycles. The number of carbonyl (C=O) groups excluding carboxylic acids is 1. The molecule has 0 N–H and O–H groups in total. The lowest BCUT2D eigenvalue weighted by Crippen LogP contribution is -2.51. The number of ether oxygens (including phenoxy) is 1. The van der Waals surface area contributed by atoms with Crippen molar-refractivity contribution in [3.8, 4) is 0 Å². The lowest BCUT2D eigenvalue weighted by atomic mass is 9.98.